The zero-order chi connectivity index (χ0) is 21.3. The topological polar surface area (TPSA) is 111 Å². The SMILES string of the molecule is COC(=O)c1cc(C)nc2nc(SCc3nc(-c4ccccc4)oc3C)[nH]c(=O)c12. The quantitative estimate of drug-likeness (QED) is 0.295. The number of aryl methyl sites for hydroxylation is 2. The van der Waals surface area contributed by atoms with Crippen LogP contribution in [0.2, 0.25) is 0 Å². The summed E-state index contributed by atoms with van der Waals surface area (Å²) < 4.78 is 10.5. The summed E-state index contributed by atoms with van der Waals surface area (Å²) in [5.74, 6) is 1.09. The van der Waals surface area contributed by atoms with Gasteiger partial charge in [0.2, 0.25) is 5.89 Å². The Morgan fingerprint density at radius 1 is 1.17 bits per heavy atom. The number of carbonyl (C=O) groups is 1. The van der Waals surface area contributed by atoms with Crippen molar-refractivity contribution in [2.24, 2.45) is 0 Å². The van der Waals surface area contributed by atoms with E-state index in [1.165, 1.54) is 24.9 Å². The molecule has 152 valence electrons. The molecule has 0 saturated carbocycles. The van der Waals surface area contributed by atoms with Gasteiger partial charge in [0.05, 0.1) is 23.8 Å². The minimum atomic E-state index is -0.607. The number of hydrogen-bond donors (Lipinski definition) is 1. The molecule has 30 heavy (non-hydrogen) atoms. The van der Waals surface area contributed by atoms with Gasteiger partial charge in [0.1, 0.15) is 5.76 Å². The van der Waals surface area contributed by atoms with Crippen LogP contribution >= 0.6 is 11.8 Å². The highest BCUT2D eigenvalue weighted by Gasteiger charge is 2.18. The molecule has 0 saturated heterocycles. The lowest BCUT2D eigenvalue weighted by atomic mass is 10.1. The van der Waals surface area contributed by atoms with E-state index < -0.39 is 11.5 Å². The molecule has 0 radical (unpaired) electrons. The number of benzene rings is 1. The second-order valence-electron chi connectivity index (χ2n) is 6.55. The molecule has 0 atom stereocenters. The summed E-state index contributed by atoms with van der Waals surface area (Å²) in [6.45, 7) is 3.57. The zero-order valence-electron chi connectivity index (χ0n) is 16.6. The number of methoxy groups -OCH3 is 1. The van der Waals surface area contributed by atoms with Crippen LogP contribution in [0.3, 0.4) is 0 Å². The van der Waals surface area contributed by atoms with E-state index >= 15 is 0 Å². The maximum atomic E-state index is 12.6. The Balaban J connectivity index is 1.63. The Morgan fingerprint density at radius 2 is 1.93 bits per heavy atom. The molecule has 0 spiro atoms. The maximum Gasteiger partial charge on any atom is 0.338 e. The number of H-pyrrole nitrogens is 1. The Labute approximate surface area is 175 Å². The fraction of sp³-hybridized carbons (Fsp3) is 0.190. The van der Waals surface area contributed by atoms with Crippen LogP contribution in [0, 0.1) is 13.8 Å². The highest BCUT2D eigenvalue weighted by Crippen LogP contribution is 2.26. The number of ether oxygens (including phenoxy) is 1. The van der Waals surface area contributed by atoms with Crippen molar-refractivity contribution in [3.63, 3.8) is 0 Å². The van der Waals surface area contributed by atoms with E-state index in [1.54, 1.807) is 6.92 Å². The molecule has 9 heteroatoms. The molecule has 0 aliphatic heterocycles. The van der Waals surface area contributed by atoms with Gasteiger partial charge in [0.25, 0.3) is 5.56 Å². The van der Waals surface area contributed by atoms with E-state index in [1.807, 2.05) is 37.3 Å². The van der Waals surface area contributed by atoms with Crippen molar-refractivity contribution < 1.29 is 13.9 Å². The van der Waals surface area contributed by atoms with E-state index in [-0.39, 0.29) is 16.6 Å². The van der Waals surface area contributed by atoms with Crippen LogP contribution < -0.4 is 5.56 Å². The summed E-state index contributed by atoms with van der Waals surface area (Å²) in [6, 6.07) is 11.1. The number of oxazole rings is 1. The molecule has 0 amide bonds. The van der Waals surface area contributed by atoms with Gasteiger partial charge in [-0.2, -0.15) is 0 Å². The molecule has 0 bridgehead atoms. The van der Waals surface area contributed by atoms with Crippen LogP contribution in [0.4, 0.5) is 0 Å². The smallest absolute Gasteiger partial charge is 0.338 e. The molecule has 0 unspecified atom stereocenters. The van der Waals surface area contributed by atoms with Crippen molar-refractivity contribution in [1.29, 1.82) is 0 Å². The highest BCUT2D eigenvalue weighted by molar-refractivity contribution is 7.98. The van der Waals surface area contributed by atoms with Gasteiger partial charge in [-0.15, -0.1) is 0 Å². The van der Waals surface area contributed by atoms with E-state index in [0.29, 0.717) is 28.3 Å². The summed E-state index contributed by atoms with van der Waals surface area (Å²) in [7, 11) is 1.26. The average Bonchev–Trinajstić information content (AvgIpc) is 3.12. The second kappa shape index (κ2) is 8.11. The Morgan fingerprint density at radius 3 is 2.67 bits per heavy atom. The molecule has 4 rings (SSSR count). The third kappa shape index (κ3) is 3.84. The predicted molar refractivity (Wildman–Crippen MR) is 112 cm³/mol. The van der Waals surface area contributed by atoms with E-state index in [2.05, 4.69) is 19.9 Å². The molecule has 0 aliphatic carbocycles. The van der Waals surface area contributed by atoms with Crippen LogP contribution in [-0.4, -0.2) is 33.0 Å². The Kier molecular flexibility index (Phi) is 5.37. The van der Waals surface area contributed by atoms with Crippen molar-refractivity contribution >= 4 is 28.8 Å². The van der Waals surface area contributed by atoms with Gasteiger partial charge in [-0.3, -0.25) is 4.79 Å². The number of aromatic nitrogens is 4. The van der Waals surface area contributed by atoms with Crippen LogP contribution in [0.15, 0.2) is 50.8 Å². The van der Waals surface area contributed by atoms with E-state index in [4.69, 9.17) is 9.15 Å². The molecular formula is C21H18N4O4S. The van der Waals surface area contributed by atoms with Crippen LogP contribution in [0.25, 0.3) is 22.5 Å². The minimum Gasteiger partial charge on any atom is -0.465 e. The number of aromatic amines is 1. The van der Waals surface area contributed by atoms with Crippen molar-refractivity contribution in [2.45, 2.75) is 24.8 Å². The predicted octanol–water partition coefficient (Wildman–Crippen LogP) is 3.67. The summed E-state index contributed by atoms with van der Waals surface area (Å²) in [4.78, 5) is 40.6. The first-order valence-corrected chi connectivity index (χ1v) is 10.1. The summed E-state index contributed by atoms with van der Waals surface area (Å²) >= 11 is 1.31. The van der Waals surface area contributed by atoms with Gasteiger partial charge >= 0.3 is 5.97 Å². The summed E-state index contributed by atoms with van der Waals surface area (Å²) in [5.41, 5.74) is 2.11. The molecule has 3 aromatic heterocycles. The number of fused-ring (bicyclic) bond motifs is 1. The standard InChI is InChI=1S/C21H18N4O4S/c1-11-9-14(20(27)28-3)16-17(22-11)24-21(25-18(16)26)30-10-15-12(2)29-19(23-15)13-7-5-4-6-8-13/h4-9H,10H2,1-3H3,(H,22,24,25,26). The first-order valence-electron chi connectivity index (χ1n) is 9.10. The molecule has 8 nitrogen and oxygen atoms in total. The fourth-order valence-corrected chi connectivity index (χ4v) is 3.84. The molecule has 0 fully saturated rings. The zero-order valence-corrected chi connectivity index (χ0v) is 17.4. The van der Waals surface area contributed by atoms with Crippen molar-refractivity contribution in [3.8, 4) is 11.5 Å². The maximum absolute atomic E-state index is 12.6. The first-order chi connectivity index (χ1) is 14.5. The lowest BCUT2D eigenvalue weighted by Crippen LogP contribution is -2.16. The Hall–Kier alpha value is -3.46. The van der Waals surface area contributed by atoms with E-state index in [0.717, 1.165) is 11.3 Å². The lowest BCUT2D eigenvalue weighted by molar-refractivity contribution is 0.0602. The van der Waals surface area contributed by atoms with Gasteiger partial charge in [-0.05, 0) is 32.0 Å². The summed E-state index contributed by atoms with van der Waals surface area (Å²) in [6.07, 6.45) is 0. The number of pyridine rings is 1. The number of rotatable bonds is 5. The fourth-order valence-electron chi connectivity index (χ4n) is 2.99. The number of esters is 1. The number of nitrogens with one attached hydrogen (secondary N) is 1. The number of hydrogen-bond acceptors (Lipinski definition) is 8. The Bertz CT molecular complexity index is 1300. The van der Waals surface area contributed by atoms with Crippen molar-refractivity contribution in [1.82, 2.24) is 19.9 Å². The second-order valence-corrected chi connectivity index (χ2v) is 7.51. The van der Waals surface area contributed by atoms with Gasteiger partial charge in [-0.25, -0.2) is 19.7 Å². The van der Waals surface area contributed by atoms with Crippen molar-refractivity contribution in [3.05, 3.63) is 69.5 Å². The molecule has 1 aromatic carbocycles. The molecule has 4 aromatic rings. The van der Waals surface area contributed by atoms with E-state index in [9.17, 15) is 9.59 Å². The van der Waals surface area contributed by atoms with Gasteiger partial charge < -0.3 is 14.1 Å². The van der Waals surface area contributed by atoms with Crippen LogP contribution in [0.1, 0.15) is 27.5 Å². The highest BCUT2D eigenvalue weighted by atomic mass is 32.2. The molecule has 1 N–H and O–H groups in total. The largest absolute Gasteiger partial charge is 0.465 e. The van der Waals surface area contributed by atoms with Gasteiger partial charge in [0, 0.05) is 17.0 Å². The molecular weight excluding hydrogens is 404 g/mol. The molecule has 0 aliphatic rings. The van der Waals surface area contributed by atoms with Crippen LogP contribution in [0.5, 0.6) is 0 Å². The van der Waals surface area contributed by atoms with Gasteiger partial charge in [0.15, 0.2) is 10.8 Å². The number of carbonyl (C=O) groups excluding carboxylic acids is 1. The third-order valence-electron chi connectivity index (χ3n) is 4.45. The lowest BCUT2D eigenvalue weighted by Gasteiger charge is -2.06. The first kappa shape index (κ1) is 19.8. The average molecular weight is 422 g/mol. The number of thioether (sulfide) groups is 1. The van der Waals surface area contributed by atoms with Crippen LogP contribution in [-0.2, 0) is 10.5 Å². The number of nitrogens with zero attached hydrogens (tertiary/aromatic N) is 3. The molecule has 3 heterocycles. The monoisotopic (exact) mass is 422 g/mol. The minimum absolute atomic E-state index is 0.112. The van der Waals surface area contributed by atoms with Crippen molar-refractivity contribution in [2.75, 3.05) is 7.11 Å². The summed E-state index contributed by atoms with van der Waals surface area (Å²) in [5, 5.41) is 0.492. The normalized spacial score (nSPS) is 11.0. The third-order valence-corrected chi connectivity index (χ3v) is 5.33. The van der Waals surface area contributed by atoms with Gasteiger partial charge in [-0.1, -0.05) is 30.0 Å².